The molecule has 0 spiro atoms. The lowest BCUT2D eigenvalue weighted by molar-refractivity contribution is 0.0940. The van der Waals surface area contributed by atoms with Crippen molar-refractivity contribution in [3.63, 3.8) is 0 Å². The van der Waals surface area contributed by atoms with Gasteiger partial charge in [0.05, 0.1) is 10.5 Å². The van der Waals surface area contributed by atoms with Gasteiger partial charge in [-0.05, 0) is 57.4 Å². The van der Waals surface area contributed by atoms with E-state index in [1.54, 1.807) is 6.07 Å². The molecule has 0 bridgehead atoms. The lowest BCUT2D eigenvalue weighted by Gasteiger charge is -2.33. The third-order valence-electron chi connectivity index (χ3n) is 6.89. The molecule has 2 aliphatic heterocycles. The largest absolute Gasteiger partial charge is 0.351 e. The van der Waals surface area contributed by atoms with Crippen LogP contribution >= 0.6 is 0 Å². The second-order valence-electron chi connectivity index (χ2n) is 9.21. The van der Waals surface area contributed by atoms with E-state index in [4.69, 9.17) is 0 Å². The summed E-state index contributed by atoms with van der Waals surface area (Å²) >= 11 is 0. The second kappa shape index (κ2) is 10.4. The molecule has 2 aliphatic rings. The standard InChI is InChI=1S/C24H34N4O4S/c1-18-8-4-7-12-27(18)15-11-25-24(30)21-17-23(29)26-22-10-9-19(16-20(21)22)33(31,32)28-13-5-2-3-6-14-28/h9-10,16-18H,2-8,11-15H2,1H3,(H,25,30)(H,26,29)/t18-/m0/s1. The number of sulfonamides is 1. The Morgan fingerprint density at radius 3 is 2.52 bits per heavy atom. The molecule has 33 heavy (non-hydrogen) atoms. The zero-order chi connectivity index (χ0) is 23.4. The van der Waals surface area contributed by atoms with Crippen molar-refractivity contribution >= 4 is 26.8 Å². The van der Waals surface area contributed by atoms with Crippen molar-refractivity contribution in [3.05, 3.63) is 40.2 Å². The Balaban J connectivity index is 1.57. The van der Waals surface area contributed by atoms with Crippen LogP contribution in [-0.2, 0) is 10.0 Å². The minimum atomic E-state index is -3.66. The molecule has 1 atom stereocenters. The first-order valence-electron chi connectivity index (χ1n) is 12.1. The molecule has 1 amide bonds. The van der Waals surface area contributed by atoms with Crippen LogP contribution in [0.5, 0.6) is 0 Å². The van der Waals surface area contributed by atoms with Crippen LogP contribution in [0.1, 0.15) is 62.2 Å². The number of benzene rings is 1. The van der Waals surface area contributed by atoms with E-state index >= 15 is 0 Å². The van der Waals surface area contributed by atoms with Crippen molar-refractivity contribution in [2.75, 3.05) is 32.7 Å². The quantitative estimate of drug-likeness (QED) is 0.670. The number of nitrogens with zero attached hydrogens (tertiary/aromatic N) is 2. The Morgan fingerprint density at radius 1 is 1.06 bits per heavy atom. The summed E-state index contributed by atoms with van der Waals surface area (Å²) in [7, 11) is -3.66. The highest BCUT2D eigenvalue weighted by molar-refractivity contribution is 7.89. The summed E-state index contributed by atoms with van der Waals surface area (Å²) in [5.41, 5.74) is 0.265. The van der Waals surface area contributed by atoms with Gasteiger partial charge >= 0.3 is 0 Å². The highest BCUT2D eigenvalue weighted by Gasteiger charge is 2.26. The molecule has 0 aliphatic carbocycles. The van der Waals surface area contributed by atoms with E-state index in [1.165, 1.54) is 41.8 Å². The van der Waals surface area contributed by atoms with E-state index in [9.17, 15) is 18.0 Å². The fourth-order valence-corrected chi connectivity index (χ4v) is 6.45. The predicted molar refractivity (Wildman–Crippen MR) is 129 cm³/mol. The van der Waals surface area contributed by atoms with Gasteiger partial charge in [-0.25, -0.2) is 8.42 Å². The normalized spacial score (nSPS) is 21.1. The number of hydrogen-bond acceptors (Lipinski definition) is 5. The first-order valence-corrected chi connectivity index (χ1v) is 13.5. The van der Waals surface area contributed by atoms with Crippen LogP contribution in [-0.4, -0.2) is 67.3 Å². The Kier molecular flexibility index (Phi) is 7.51. The summed E-state index contributed by atoms with van der Waals surface area (Å²) < 4.78 is 28.0. The average Bonchev–Trinajstić information content (AvgIpc) is 3.09. The molecule has 0 saturated carbocycles. The zero-order valence-corrected chi connectivity index (χ0v) is 20.1. The number of aromatic nitrogens is 1. The number of amides is 1. The molecule has 2 N–H and O–H groups in total. The minimum Gasteiger partial charge on any atom is -0.351 e. The maximum atomic E-state index is 13.3. The lowest BCUT2D eigenvalue weighted by Crippen LogP contribution is -2.42. The third kappa shape index (κ3) is 5.47. The summed E-state index contributed by atoms with van der Waals surface area (Å²) in [6, 6.07) is 6.37. The molecule has 2 fully saturated rings. The zero-order valence-electron chi connectivity index (χ0n) is 19.3. The van der Waals surface area contributed by atoms with E-state index in [0.29, 0.717) is 36.6 Å². The van der Waals surface area contributed by atoms with Gasteiger partial charge in [-0.15, -0.1) is 0 Å². The van der Waals surface area contributed by atoms with Crippen molar-refractivity contribution in [2.45, 2.75) is 62.8 Å². The molecular weight excluding hydrogens is 440 g/mol. The fraction of sp³-hybridized carbons (Fsp3) is 0.583. The van der Waals surface area contributed by atoms with Gasteiger partial charge in [0.25, 0.3) is 5.91 Å². The Bertz CT molecular complexity index is 1150. The Labute approximate surface area is 195 Å². The number of aromatic amines is 1. The van der Waals surface area contributed by atoms with Crippen molar-refractivity contribution in [1.82, 2.24) is 19.5 Å². The molecular formula is C24H34N4O4S. The molecule has 2 aromatic rings. The van der Waals surface area contributed by atoms with Gasteiger partial charge in [-0.2, -0.15) is 4.31 Å². The molecule has 1 aromatic carbocycles. The highest BCUT2D eigenvalue weighted by Crippen LogP contribution is 2.25. The molecule has 180 valence electrons. The molecule has 9 heteroatoms. The van der Waals surface area contributed by atoms with E-state index in [2.05, 4.69) is 22.1 Å². The topological polar surface area (TPSA) is 103 Å². The lowest BCUT2D eigenvalue weighted by atomic mass is 10.0. The maximum absolute atomic E-state index is 13.3. The van der Waals surface area contributed by atoms with Crippen LogP contribution in [0, 0.1) is 0 Å². The number of carbonyl (C=O) groups is 1. The predicted octanol–water partition coefficient (Wildman–Crippen LogP) is 2.70. The number of pyridine rings is 1. The molecule has 2 saturated heterocycles. The van der Waals surface area contributed by atoms with Crippen molar-refractivity contribution in [2.24, 2.45) is 0 Å². The summed E-state index contributed by atoms with van der Waals surface area (Å²) in [6.07, 6.45) is 7.35. The molecule has 8 nitrogen and oxygen atoms in total. The van der Waals surface area contributed by atoms with Crippen molar-refractivity contribution in [1.29, 1.82) is 0 Å². The first-order chi connectivity index (χ1) is 15.9. The van der Waals surface area contributed by atoms with Gasteiger partial charge in [0.2, 0.25) is 15.6 Å². The second-order valence-corrected chi connectivity index (χ2v) is 11.1. The summed E-state index contributed by atoms with van der Waals surface area (Å²) in [5.74, 6) is -0.361. The number of rotatable bonds is 6. The SMILES string of the molecule is C[C@H]1CCCCN1CCNC(=O)c1cc(=O)[nH]c2ccc(S(=O)(=O)N3CCCCCC3)cc12. The van der Waals surface area contributed by atoms with Crippen LogP contribution in [0.25, 0.3) is 10.9 Å². The molecule has 3 heterocycles. The number of nitrogens with one attached hydrogen (secondary N) is 2. The van der Waals surface area contributed by atoms with Crippen molar-refractivity contribution < 1.29 is 13.2 Å². The monoisotopic (exact) mass is 474 g/mol. The fourth-order valence-electron chi connectivity index (χ4n) is 4.91. The van der Waals surface area contributed by atoms with Crippen LogP contribution in [0.4, 0.5) is 0 Å². The Hall–Kier alpha value is -2.23. The number of hydrogen-bond donors (Lipinski definition) is 2. The van der Waals surface area contributed by atoms with E-state index < -0.39 is 10.0 Å². The number of carbonyl (C=O) groups excluding carboxylic acids is 1. The molecule has 0 unspecified atom stereocenters. The highest BCUT2D eigenvalue weighted by atomic mass is 32.2. The Morgan fingerprint density at radius 2 is 1.79 bits per heavy atom. The van der Waals surface area contributed by atoms with Crippen LogP contribution in [0.3, 0.4) is 0 Å². The van der Waals surface area contributed by atoms with Gasteiger partial charge in [0.15, 0.2) is 0 Å². The van der Waals surface area contributed by atoms with Crippen molar-refractivity contribution in [3.8, 4) is 0 Å². The minimum absolute atomic E-state index is 0.153. The van der Waals surface area contributed by atoms with Gasteiger partial charge in [-0.1, -0.05) is 19.3 Å². The van der Waals surface area contributed by atoms with Gasteiger partial charge in [-0.3, -0.25) is 14.5 Å². The summed E-state index contributed by atoms with van der Waals surface area (Å²) in [5, 5.41) is 3.36. The maximum Gasteiger partial charge on any atom is 0.252 e. The van der Waals surface area contributed by atoms with Gasteiger partial charge in [0.1, 0.15) is 0 Å². The van der Waals surface area contributed by atoms with Crippen LogP contribution in [0.2, 0.25) is 0 Å². The molecule has 0 radical (unpaired) electrons. The number of piperidine rings is 1. The number of likely N-dealkylation sites (tertiary alicyclic amines) is 1. The van der Waals surface area contributed by atoms with Gasteiger partial charge < -0.3 is 10.3 Å². The summed E-state index contributed by atoms with van der Waals surface area (Å²) in [4.78, 5) is 30.4. The molecule has 4 rings (SSSR count). The summed E-state index contributed by atoms with van der Waals surface area (Å²) in [6.45, 7) is 5.48. The van der Waals surface area contributed by atoms with E-state index in [-0.39, 0.29) is 21.9 Å². The third-order valence-corrected chi connectivity index (χ3v) is 8.78. The van der Waals surface area contributed by atoms with Crippen LogP contribution in [0.15, 0.2) is 34.0 Å². The number of H-pyrrole nitrogens is 1. The molecule has 1 aromatic heterocycles. The smallest absolute Gasteiger partial charge is 0.252 e. The van der Waals surface area contributed by atoms with E-state index in [0.717, 1.165) is 38.8 Å². The van der Waals surface area contributed by atoms with Crippen LogP contribution < -0.4 is 10.9 Å². The van der Waals surface area contributed by atoms with E-state index in [1.807, 2.05) is 0 Å². The number of fused-ring (bicyclic) bond motifs is 1. The average molecular weight is 475 g/mol. The van der Waals surface area contributed by atoms with Gasteiger partial charge in [0, 0.05) is 49.2 Å². The first kappa shape index (κ1) is 23.9.